The molecule has 22 heavy (non-hydrogen) atoms. The highest BCUT2D eigenvalue weighted by Gasteiger charge is 2.14. The molecule has 2 rings (SSSR count). The Morgan fingerprint density at radius 3 is 2.82 bits per heavy atom. The summed E-state index contributed by atoms with van der Waals surface area (Å²) >= 11 is 1.43. The van der Waals surface area contributed by atoms with Crippen molar-refractivity contribution in [3.8, 4) is 0 Å². The highest BCUT2D eigenvalue weighted by atomic mass is 35.5. The molecule has 1 amide bonds. The summed E-state index contributed by atoms with van der Waals surface area (Å²) in [5.41, 5.74) is 13.2. The van der Waals surface area contributed by atoms with E-state index in [-0.39, 0.29) is 30.7 Å². The number of hydrogen-bond donors (Lipinski definition) is 4. The van der Waals surface area contributed by atoms with Crippen LogP contribution in [0.4, 0.5) is 5.13 Å². The SMILES string of the molecule is Cl.Cl.Nc1nc(CCCNC(=O)[C@@H](N)Cc2cnc[nH]2)cs1. The van der Waals surface area contributed by atoms with E-state index in [2.05, 4.69) is 20.3 Å². The topological polar surface area (TPSA) is 123 Å². The number of nitrogens with zero attached hydrogens (tertiary/aromatic N) is 2. The van der Waals surface area contributed by atoms with Crippen LogP contribution in [0.3, 0.4) is 0 Å². The van der Waals surface area contributed by atoms with Crippen LogP contribution in [0.2, 0.25) is 0 Å². The average molecular weight is 367 g/mol. The van der Waals surface area contributed by atoms with Crippen molar-refractivity contribution >= 4 is 47.2 Å². The number of halogens is 2. The second-order valence-corrected chi connectivity index (χ2v) is 5.35. The van der Waals surface area contributed by atoms with Crippen molar-refractivity contribution in [3.63, 3.8) is 0 Å². The molecule has 0 saturated carbocycles. The Balaban J connectivity index is 0.00000220. The van der Waals surface area contributed by atoms with Crippen LogP contribution in [0.5, 0.6) is 0 Å². The normalized spacial score (nSPS) is 11.1. The fraction of sp³-hybridized carbons (Fsp3) is 0.417. The van der Waals surface area contributed by atoms with E-state index in [0.29, 0.717) is 18.1 Å². The Morgan fingerprint density at radius 2 is 2.23 bits per heavy atom. The lowest BCUT2D eigenvalue weighted by atomic mass is 10.1. The lowest BCUT2D eigenvalue weighted by molar-refractivity contribution is -0.122. The maximum Gasteiger partial charge on any atom is 0.237 e. The first-order valence-electron chi connectivity index (χ1n) is 6.35. The van der Waals surface area contributed by atoms with Gasteiger partial charge >= 0.3 is 0 Å². The summed E-state index contributed by atoms with van der Waals surface area (Å²) in [5, 5.41) is 5.32. The van der Waals surface area contributed by atoms with Gasteiger partial charge in [-0.25, -0.2) is 9.97 Å². The summed E-state index contributed by atoms with van der Waals surface area (Å²) in [6.45, 7) is 0.576. The smallest absolute Gasteiger partial charge is 0.237 e. The highest BCUT2D eigenvalue weighted by Crippen LogP contribution is 2.12. The average Bonchev–Trinajstić information content (AvgIpc) is 3.06. The summed E-state index contributed by atoms with van der Waals surface area (Å²) in [6.07, 6.45) is 5.29. The van der Waals surface area contributed by atoms with Crippen molar-refractivity contribution in [1.29, 1.82) is 0 Å². The number of nitrogens with two attached hydrogens (primary N) is 2. The minimum absolute atomic E-state index is 0. The van der Waals surface area contributed by atoms with Gasteiger partial charge < -0.3 is 21.8 Å². The number of aromatic amines is 1. The van der Waals surface area contributed by atoms with Crippen LogP contribution < -0.4 is 16.8 Å². The van der Waals surface area contributed by atoms with E-state index in [1.807, 2.05) is 5.38 Å². The van der Waals surface area contributed by atoms with Crippen LogP contribution >= 0.6 is 36.2 Å². The number of thiazole rings is 1. The second-order valence-electron chi connectivity index (χ2n) is 4.46. The number of aromatic nitrogens is 3. The quantitative estimate of drug-likeness (QED) is 0.542. The zero-order valence-corrected chi connectivity index (χ0v) is 14.3. The number of carbonyl (C=O) groups excluding carboxylic acids is 1. The lowest BCUT2D eigenvalue weighted by Crippen LogP contribution is -2.42. The number of hydrogen-bond acceptors (Lipinski definition) is 6. The Hall–Kier alpha value is -1.35. The molecule has 0 saturated heterocycles. The number of aryl methyl sites for hydroxylation is 1. The van der Waals surface area contributed by atoms with Crippen molar-refractivity contribution in [2.75, 3.05) is 12.3 Å². The number of nitrogen functional groups attached to an aromatic ring is 1. The second kappa shape index (κ2) is 10.4. The molecule has 0 unspecified atom stereocenters. The molecule has 6 N–H and O–H groups in total. The van der Waals surface area contributed by atoms with Gasteiger partial charge in [-0.2, -0.15) is 0 Å². The summed E-state index contributed by atoms with van der Waals surface area (Å²) in [4.78, 5) is 22.8. The van der Waals surface area contributed by atoms with Crippen molar-refractivity contribution in [3.05, 3.63) is 29.3 Å². The number of nitrogens with one attached hydrogen (secondary N) is 2. The number of anilines is 1. The summed E-state index contributed by atoms with van der Waals surface area (Å²) in [5.74, 6) is -0.155. The van der Waals surface area contributed by atoms with Crippen molar-refractivity contribution in [2.24, 2.45) is 5.73 Å². The molecule has 0 bridgehead atoms. The fourth-order valence-corrected chi connectivity index (χ4v) is 2.37. The van der Waals surface area contributed by atoms with Crippen LogP contribution in [-0.4, -0.2) is 33.4 Å². The maximum atomic E-state index is 11.8. The first kappa shape index (κ1) is 20.6. The van der Waals surface area contributed by atoms with Crippen molar-refractivity contribution < 1.29 is 4.79 Å². The van der Waals surface area contributed by atoms with E-state index < -0.39 is 6.04 Å². The van der Waals surface area contributed by atoms with E-state index in [1.54, 1.807) is 12.5 Å². The van der Waals surface area contributed by atoms with Gasteiger partial charge in [0.05, 0.1) is 18.1 Å². The molecule has 2 aromatic rings. The third-order valence-corrected chi connectivity index (χ3v) is 3.53. The minimum atomic E-state index is -0.564. The molecule has 0 aliphatic heterocycles. The predicted molar refractivity (Wildman–Crippen MR) is 92.6 cm³/mol. The molecule has 2 heterocycles. The van der Waals surface area contributed by atoms with Gasteiger partial charge in [0.15, 0.2) is 5.13 Å². The van der Waals surface area contributed by atoms with Gasteiger partial charge in [0.2, 0.25) is 5.91 Å². The van der Waals surface area contributed by atoms with Crippen LogP contribution in [0, 0.1) is 0 Å². The Kier molecular flexibility index (Phi) is 9.75. The summed E-state index contributed by atoms with van der Waals surface area (Å²) < 4.78 is 0. The zero-order valence-electron chi connectivity index (χ0n) is 11.8. The molecule has 0 spiro atoms. The number of carbonyl (C=O) groups is 1. The number of imidazole rings is 1. The van der Waals surface area contributed by atoms with E-state index in [0.717, 1.165) is 24.2 Å². The molecular weight excluding hydrogens is 347 g/mol. The van der Waals surface area contributed by atoms with Gasteiger partial charge in [0.1, 0.15) is 0 Å². The zero-order chi connectivity index (χ0) is 14.4. The number of amides is 1. The molecule has 0 aliphatic rings. The molecule has 7 nitrogen and oxygen atoms in total. The first-order valence-corrected chi connectivity index (χ1v) is 7.23. The molecule has 0 radical (unpaired) electrons. The molecule has 10 heteroatoms. The third kappa shape index (κ3) is 6.61. The lowest BCUT2D eigenvalue weighted by Gasteiger charge is -2.10. The van der Waals surface area contributed by atoms with Crippen molar-refractivity contribution in [2.45, 2.75) is 25.3 Å². The molecule has 2 aromatic heterocycles. The fourth-order valence-electron chi connectivity index (χ4n) is 1.78. The molecule has 124 valence electrons. The van der Waals surface area contributed by atoms with E-state index >= 15 is 0 Å². The highest BCUT2D eigenvalue weighted by molar-refractivity contribution is 7.13. The molecule has 0 fully saturated rings. The van der Waals surface area contributed by atoms with E-state index in [9.17, 15) is 4.79 Å². The van der Waals surface area contributed by atoms with Crippen LogP contribution in [0.1, 0.15) is 17.8 Å². The van der Waals surface area contributed by atoms with Gasteiger partial charge in [-0.1, -0.05) is 0 Å². The largest absolute Gasteiger partial charge is 0.375 e. The maximum absolute atomic E-state index is 11.8. The van der Waals surface area contributed by atoms with Gasteiger partial charge in [-0.3, -0.25) is 4.79 Å². The van der Waals surface area contributed by atoms with Crippen LogP contribution in [0.25, 0.3) is 0 Å². The van der Waals surface area contributed by atoms with Crippen LogP contribution in [0.15, 0.2) is 17.9 Å². The van der Waals surface area contributed by atoms with Crippen LogP contribution in [-0.2, 0) is 17.6 Å². The predicted octanol–water partition coefficient (Wildman–Crippen LogP) is 0.911. The monoisotopic (exact) mass is 366 g/mol. The van der Waals surface area contributed by atoms with Gasteiger partial charge in [0.25, 0.3) is 0 Å². The Labute approximate surface area is 145 Å². The Bertz CT molecular complexity index is 548. The standard InChI is InChI=1S/C12H18N6OS.2ClH/c13-10(4-9-5-15-7-17-9)11(19)16-3-1-2-8-6-20-12(14)18-8;;/h5-7,10H,1-4,13H2,(H2,14,18)(H,15,17)(H,16,19);2*1H/t10-;;/m0../s1. The van der Waals surface area contributed by atoms with E-state index in [1.165, 1.54) is 11.3 Å². The van der Waals surface area contributed by atoms with Gasteiger partial charge in [0, 0.05) is 30.2 Å². The molecule has 1 atom stereocenters. The van der Waals surface area contributed by atoms with Crippen molar-refractivity contribution in [1.82, 2.24) is 20.3 Å². The summed E-state index contributed by atoms with van der Waals surface area (Å²) in [6, 6.07) is -0.564. The number of rotatable bonds is 7. The number of H-pyrrole nitrogens is 1. The molecular formula is C12H20Cl2N6OS. The first-order chi connectivity index (χ1) is 9.65. The molecule has 0 aromatic carbocycles. The van der Waals surface area contributed by atoms with Gasteiger partial charge in [-0.05, 0) is 12.8 Å². The minimum Gasteiger partial charge on any atom is -0.375 e. The van der Waals surface area contributed by atoms with Gasteiger partial charge in [-0.15, -0.1) is 36.2 Å². The molecule has 0 aliphatic carbocycles. The van der Waals surface area contributed by atoms with E-state index in [4.69, 9.17) is 11.5 Å². The Morgan fingerprint density at radius 1 is 1.45 bits per heavy atom. The summed E-state index contributed by atoms with van der Waals surface area (Å²) in [7, 11) is 0. The third-order valence-electron chi connectivity index (χ3n) is 2.81.